The first-order chi connectivity index (χ1) is 16.9. The molecule has 184 valence electrons. The average Bonchev–Trinajstić information content (AvgIpc) is 2.87. The molecule has 1 heterocycles. The van der Waals surface area contributed by atoms with E-state index in [1.54, 1.807) is 33.5 Å². The van der Waals surface area contributed by atoms with Crippen molar-refractivity contribution in [1.29, 1.82) is 0 Å². The van der Waals surface area contributed by atoms with E-state index in [-0.39, 0.29) is 18.0 Å². The van der Waals surface area contributed by atoms with Crippen molar-refractivity contribution in [3.63, 3.8) is 0 Å². The Labute approximate surface area is 211 Å². The third kappa shape index (κ3) is 5.39. The number of benzene rings is 3. The third-order valence-corrected chi connectivity index (χ3v) is 6.83. The smallest absolute Gasteiger partial charge is 0.253 e. The molecule has 1 amide bonds. The van der Waals surface area contributed by atoms with Gasteiger partial charge in [-0.25, -0.2) is 0 Å². The molecule has 0 bridgehead atoms. The van der Waals surface area contributed by atoms with Crippen LogP contribution >= 0.6 is 11.6 Å². The van der Waals surface area contributed by atoms with Gasteiger partial charge in [0.05, 0.1) is 38.0 Å². The van der Waals surface area contributed by atoms with Gasteiger partial charge in [0.15, 0.2) is 11.5 Å². The van der Waals surface area contributed by atoms with Crippen molar-refractivity contribution in [2.75, 3.05) is 27.9 Å². The minimum Gasteiger partial charge on any atom is -0.497 e. The molecular formula is C28H31ClN2O4. The van der Waals surface area contributed by atoms with Crippen LogP contribution in [-0.2, 0) is 13.0 Å². The SMILES string of the molecule is COc1cccc(CN2CCc3cc(OC)c(OC)cc3[C@@H]2[C@H](C)NC(=O)c2ccccc2Cl)c1. The zero-order chi connectivity index (χ0) is 24.9. The first-order valence-electron chi connectivity index (χ1n) is 11.6. The maximum absolute atomic E-state index is 13.1. The summed E-state index contributed by atoms with van der Waals surface area (Å²) in [5, 5.41) is 3.62. The number of ether oxygens (including phenoxy) is 3. The Hall–Kier alpha value is -3.22. The molecule has 0 unspecified atom stereocenters. The lowest BCUT2D eigenvalue weighted by Crippen LogP contribution is -2.47. The van der Waals surface area contributed by atoms with Crippen LogP contribution in [-0.4, -0.2) is 44.7 Å². The predicted molar refractivity (Wildman–Crippen MR) is 138 cm³/mol. The van der Waals surface area contributed by atoms with E-state index < -0.39 is 0 Å². The molecule has 0 spiro atoms. The van der Waals surface area contributed by atoms with Gasteiger partial charge in [0.1, 0.15) is 5.75 Å². The van der Waals surface area contributed by atoms with Crippen LogP contribution in [0.3, 0.4) is 0 Å². The molecular weight excluding hydrogens is 464 g/mol. The number of nitrogens with zero attached hydrogens (tertiary/aromatic N) is 1. The quantitative estimate of drug-likeness (QED) is 0.461. The van der Waals surface area contributed by atoms with Gasteiger partial charge < -0.3 is 19.5 Å². The number of amides is 1. The molecule has 0 aromatic heterocycles. The normalized spacial score (nSPS) is 16.2. The highest BCUT2D eigenvalue weighted by Gasteiger charge is 2.34. The standard InChI is InChI=1S/C28H31ClN2O4/c1-18(30-28(32)22-10-5-6-11-24(22)29)27-23-16-26(35-4)25(34-3)15-20(23)12-13-31(27)17-19-8-7-9-21(14-19)33-2/h5-11,14-16,18,27H,12-13,17H2,1-4H3,(H,30,32)/t18-,27-/m0/s1. The summed E-state index contributed by atoms with van der Waals surface area (Å²) in [6, 6.07) is 19.0. The second-order valence-electron chi connectivity index (χ2n) is 8.66. The van der Waals surface area contributed by atoms with Gasteiger partial charge in [-0.05, 0) is 66.4 Å². The maximum atomic E-state index is 13.1. The van der Waals surface area contributed by atoms with Crippen molar-refractivity contribution in [2.45, 2.75) is 32.0 Å². The van der Waals surface area contributed by atoms with E-state index in [0.29, 0.717) is 28.6 Å². The summed E-state index contributed by atoms with van der Waals surface area (Å²) in [4.78, 5) is 15.5. The monoisotopic (exact) mass is 494 g/mol. The molecule has 2 atom stereocenters. The van der Waals surface area contributed by atoms with Gasteiger partial charge >= 0.3 is 0 Å². The van der Waals surface area contributed by atoms with Gasteiger partial charge in [-0.2, -0.15) is 0 Å². The van der Waals surface area contributed by atoms with Gasteiger partial charge in [-0.3, -0.25) is 9.69 Å². The zero-order valence-corrected chi connectivity index (χ0v) is 21.3. The van der Waals surface area contributed by atoms with Crippen LogP contribution in [0.15, 0.2) is 60.7 Å². The lowest BCUT2D eigenvalue weighted by molar-refractivity contribution is 0.0877. The van der Waals surface area contributed by atoms with Crippen LogP contribution in [0.2, 0.25) is 5.02 Å². The van der Waals surface area contributed by atoms with Crippen LogP contribution in [0, 0.1) is 0 Å². The average molecular weight is 495 g/mol. The molecule has 1 N–H and O–H groups in total. The lowest BCUT2D eigenvalue weighted by Gasteiger charge is -2.41. The number of nitrogens with one attached hydrogen (secondary N) is 1. The van der Waals surface area contributed by atoms with E-state index in [4.69, 9.17) is 25.8 Å². The van der Waals surface area contributed by atoms with E-state index in [9.17, 15) is 4.79 Å². The molecule has 0 aliphatic carbocycles. The first kappa shape index (κ1) is 24.9. The van der Waals surface area contributed by atoms with Gasteiger partial charge in [0, 0.05) is 19.1 Å². The van der Waals surface area contributed by atoms with E-state index in [2.05, 4.69) is 16.3 Å². The highest BCUT2D eigenvalue weighted by atomic mass is 35.5. The summed E-state index contributed by atoms with van der Waals surface area (Å²) < 4.78 is 16.6. The number of hydrogen-bond acceptors (Lipinski definition) is 5. The summed E-state index contributed by atoms with van der Waals surface area (Å²) in [6.45, 7) is 3.57. The van der Waals surface area contributed by atoms with Crippen molar-refractivity contribution in [3.05, 3.63) is 87.9 Å². The minimum absolute atomic E-state index is 0.0869. The number of methoxy groups -OCH3 is 3. The summed E-state index contributed by atoms with van der Waals surface area (Å²) in [5.41, 5.74) is 3.91. The second-order valence-corrected chi connectivity index (χ2v) is 9.07. The van der Waals surface area contributed by atoms with Gasteiger partial charge in [-0.1, -0.05) is 35.9 Å². The van der Waals surface area contributed by atoms with Gasteiger partial charge in [0.2, 0.25) is 0 Å². The molecule has 1 aliphatic heterocycles. The van der Waals surface area contributed by atoms with Crippen molar-refractivity contribution >= 4 is 17.5 Å². The molecule has 0 saturated heterocycles. The second kappa shape index (κ2) is 11.0. The van der Waals surface area contributed by atoms with E-state index in [1.807, 2.05) is 49.4 Å². The highest BCUT2D eigenvalue weighted by Crippen LogP contribution is 2.40. The van der Waals surface area contributed by atoms with E-state index in [0.717, 1.165) is 29.8 Å². The van der Waals surface area contributed by atoms with Crippen LogP contribution in [0.25, 0.3) is 0 Å². The van der Waals surface area contributed by atoms with Crippen molar-refractivity contribution in [3.8, 4) is 17.2 Å². The Bertz CT molecular complexity index is 1200. The fraction of sp³-hybridized carbons (Fsp3) is 0.321. The maximum Gasteiger partial charge on any atom is 0.253 e. The number of fused-ring (bicyclic) bond motifs is 1. The number of rotatable bonds is 8. The molecule has 0 saturated carbocycles. The van der Waals surface area contributed by atoms with Crippen molar-refractivity contribution in [1.82, 2.24) is 10.2 Å². The zero-order valence-electron chi connectivity index (χ0n) is 20.5. The Balaban J connectivity index is 1.70. The Morgan fingerprint density at radius 3 is 2.49 bits per heavy atom. The molecule has 1 aliphatic rings. The highest BCUT2D eigenvalue weighted by molar-refractivity contribution is 6.33. The summed E-state index contributed by atoms with van der Waals surface area (Å²) in [7, 11) is 4.95. The van der Waals surface area contributed by atoms with Crippen LogP contribution in [0.4, 0.5) is 0 Å². The number of carbonyl (C=O) groups is 1. The molecule has 3 aromatic rings. The molecule has 0 radical (unpaired) electrons. The summed E-state index contributed by atoms with van der Waals surface area (Å²) in [6.07, 6.45) is 0.862. The number of carbonyl (C=O) groups excluding carboxylic acids is 1. The number of halogens is 1. The summed E-state index contributed by atoms with van der Waals surface area (Å²) >= 11 is 6.29. The van der Waals surface area contributed by atoms with E-state index >= 15 is 0 Å². The Kier molecular flexibility index (Phi) is 7.83. The van der Waals surface area contributed by atoms with Crippen molar-refractivity contribution < 1.29 is 19.0 Å². The molecule has 3 aromatic carbocycles. The fourth-order valence-corrected chi connectivity index (χ4v) is 5.03. The molecule has 6 nitrogen and oxygen atoms in total. The largest absolute Gasteiger partial charge is 0.497 e. The fourth-order valence-electron chi connectivity index (χ4n) is 4.81. The Morgan fingerprint density at radius 2 is 1.77 bits per heavy atom. The molecule has 7 heteroatoms. The van der Waals surface area contributed by atoms with Crippen LogP contribution in [0.1, 0.15) is 40.0 Å². The van der Waals surface area contributed by atoms with Gasteiger partial charge in [-0.15, -0.1) is 0 Å². The topological polar surface area (TPSA) is 60.0 Å². The Morgan fingerprint density at radius 1 is 1.03 bits per heavy atom. The van der Waals surface area contributed by atoms with Crippen molar-refractivity contribution in [2.24, 2.45) is 0 Å². The van der Waals surface area contributed by atoms with Crippen LogP contribution in [0.5, 0.6) is 17.2 Å². The van der Waals surface area contributed by atoms with Crippen LogP contribution < -0.4 is 19.5 Å². The minimum atomic E-state index is -0.207. The first-order valence-corrected chi connectivity index (χ1v) is 12.0. The predicted octanol–water partition coefficient (Wildman–Crippen LogP) is 5.28. The van der Waals surface area contributed by atoms with Gasteiger partial charge in [0.25, 0.3) is 5.91 Å². The lowest BCUT2D eigenvalue weighted by atomic mass is 9.87. The molecule has 4 rings (SSSR count). The van der Waals surface area contributed by atoms with E-state index in [1.165, 1.54) is 5.56 Å². The number of hydrogen-bond donors (Lipinski definition) is 1. The molecule has 35 heavy (non-hydrogen) atoms. The molecule has 0 fully saturated rings. The third-order valence-electron chi connectivity index (χ3n) is 6.50. The summed E-state index contributed by atoms with van der Waals surface area (Å²) in [5.74, 6) is 2.00.